The molecule has 17 heavy (non-hydrogen) atoms. The maximum atomic E-state index is 3.63. The lowest BCUT2D eigenvalue weighted by molar-refractivity contribution is 0.293. The molecule has 2 unspecified atom stereocenters. The number of benzene rings is 1. The number of aryl methyl sites for hydroxylation is 1. The molecule has 0 radical (unpaired) electrons. The van der Waals surface area contributed by atoms with Crippen LogP contribution in [0.2, 0.25) is 0 Å². The van der Waals surface area contributed by atoms with E-state index in [0.717, 1.165) is 18.4 Å². The normalized spacial score (nSPS) is 24.6. The van der Waals surface area contributed by atoms with Crippen molar-refractivity contribution < 1.29 is 0 Å². The van der Waals surface area contributed by atoms with Crippen molar-refractivity contribution in [2.45, 2.75) is 39.5 Å². The molecule has 0 spiro atoms. The molecule has 2 rings (SSSR count). The third kappa shape index (κ3) is 3.87. The molecule has 0 aliphatic heterocycles. The van der Waals surface area contributed by atoms with Gasteiger partial charge in [-0.2, -0.15) is 0 Å². The van der Waals surface area contributed by atoms with Crippen molar-refractivity contribution in [3.63, 3.8) is 0 Å². The topological polar surface area (TPSA) is 12.0 Å². The van der Waals surface area contributed by atoms with Gasteiger partial charge >= 0.3 is 0 Å². The van der Waals surface area contributed by atoms with Gasteiger partial charge in [0.05, 0.1) is 0 Å². The molecule has 94 valence electrons. The maximum absolute atomic E-state index is 3.63. The third-order valence-electron chi connectivity index (χ3n) is 3.81. The second kappa shape index (κ2) is 6.07. The van der Waals surface area contributed by atoms with Gasteiger partial charge < -0.3 is 5.32 Å². The number of hydrogen-bond donors (Lipinski definition) is 1. The highest BCUT2D eigenvalue weighted by Gasteiger charge is 2.18. The summed E-state index contributed by atoms with van der Waals surface area (Å²) in [6.45, 7) is 5.72. The van der Waals surface area contributed by atoms with Crippen LogP contribution in [0.4, 0.5) is 5.69 Å². The van der Waals surface area contributed by atoms with Crippen LogP contribution in [-0.2, 0) is 0 Å². The minimum absolute atomic E-state index is 0.873. The van der Waals surface area contributed by atoms with Crippen LogP contribution in [0.25, 0.3) is 0 Å². The van der Waals surface area contributed by atoms with Gasteiger partial charge in [0.15, 0.2) is 0 Å². The molecule has 1 aliphatic carbocycles. The van der Waals surface area contributed by atoms with Crippen LogP contribution in [0.5, 0.6) is 0 Å². The zero-order valence-electron chi connectivity index (χ0n) is 10.8. The average molecular weight is 343 g/mol. The third-order valence-corrected chi connectivity index (χ3v) is 4.49. The van der Waals surface area contributed by atoms with E-state index in [1.165, 1.54) is 40.5 Å². The van der Waals surface area contributed by atoms with Crippen LogP contribution in [-0.4, -0.2) is 6.54 Å². The Hall–Kier alpha value is -0.250. The minimum Gasteiger partial charge on any atom is -0.385 e. The van der Waals surface area contributed by atoms with E-state index in [1.807, 2.05) is 0 Å². The molecular weight excluding hydrogens is 321 g/mol. The van der Waals surface area contributed by atoms with Crippen LogP contribution in [0.3, 0.4) is 0 Å². The first-order valence-corrected chi connectivity index (χ1v) is 7.73. The van der Waals surface area contributed by atoms with Crippen LogP contribution in [0.1, 0.15) is 38.2 Å². The molecule has 1 aromatic rings. The van der Waals surface area contributed by atoms with Gasteiger partial charge in [-0.3, -0.25) is 0 Å². The molecule has 0 heterocycles. The van der Waals surface area contributed by atoms with Gasteiger partial charge in [0.1, 0.15) is 0 Å². The molecule has 1 aromatic carbocycles. The average Bonchev–Trinajstić information content (AvgIpc) is 2.28. The quantitative estimate of drug-likeness (QED) is 0.775. The van der Waals surface area contributed by atoms with Crippen LogP contribution in [0.15, 0.2) is 18.2 Å². The first-order valence-electron chi connectivity index (χ1n) is 6.65. The van der Waals surface area contributed by atoms with E-state index in [2.05, 4.69) is 60.0 Å². The van der Waals surface area contributed by atoms with E-state index >= 15 is 0 Å². The van der Waals surface area contributed by atoms with E-state index in [9.17, 15) is 0 Å². The summed E-state index contributed by atoms with van der Waals surface area (Å²) in [4.78, 5) is 0. The summed E-state index contributed by atoms with van der Waals surface area (Å²) >= 11 is 2.37. The van der Waals surface area contributed by atoms with Gasteiger partial charge in [-0.05, 0) is 78.0 Å². The highest BCUT2D eigenvalue weighted by molar-refractivity contribution is 14.1. The second-order valence-corrected chi connectivity index (χ2v) is 6.72. The summed E-state index contributed by atoms with van der Waals surface area (Å²) in [5, 5.41) is 3.63. The van der Waals surface area contributed by atoms with Crippen molar-refractivity contribution in [1.82, 2.24) is 0 Å². The zero-order chi connectivity index (χ0) is 12.3. The number of rotatable bonds is 3. The molecule has 2 heteroatoms. The molecule has 0 saturated heterocycles. The Labute approximate surface area is 119 Å². The summed E-state index contributed by atoms with van der Waals surface area (Å²) in [6, 6.07) is 6.63. The van der Waals surface area contributed by atoms with Crippen molar-refractivity contribution in [2.75, 3.05) is 11.9 Å². The lowest BCUT2D eigenvalue weighted by Gasteiger charge is -2.27. The summed E-state index contributed by atoms with van der Waals surface area (Å²) < 4.78 is 1.32. The Bertz CT molecular complexity index is 375. The standard InChI is InChI=1S/C15H22IN/c1-11-4-3-5-13(8-11)10-17-15-7-6-14(16)9-12(15)2/h6-7,9,11,13,17H,3-5,8,10H2,1-2H3. The van der Waals surface area contributed by atoms with Crippen molar-refractivity contribution in [3.8, 4) is 0 Å². The lowest BCUT2D eigenvalue weighted by atomic mass is 9.82. The number of anilines is 1. The van der Waals surface area contributed by atoms with Gasteiger partial charge in [-0.25, -0.2) is 0 Å². The molecule has 0 amide bonds. The Kier molecular flexibility index (Phi) is 4.71. The monoisotopic (exact) mass is 343 g/mol. The maximum Gasteiger partial charge on any atom is 0.0370 e. The summed E-state index contributed by atoms with van der Waals surface area (Å²) in [5.41, 5.74) is 2.67. The van der Waals surface area contributed by atoms with Gasteiger partial charge in [-0.15, -0.1) is 0 Å². The van der Waals surface area contributed by atoms with Crippen LogP contribution >= 0.6 is 22.6 Å². The Morgan fingerprint density at radius 2 is 2.18 bits per heavy atom. The minimum atomic E-state index is 0.873. The van der Waals surface area contributed by atoms with Gasteiger partial charge in [0, 0.05) is 15.8 Å². The highest BCUT2D eigenvalue weighted by Crippen LogP contribution is 2.29. The molecule has 1 nitrogen and oxygen atoms in total. The SMILES string of the molecule is Cc1cc(I)ccc1NCC1CCCC(C)C1. The van der Waals surface area contributed by atoms with Crippen molar-refractivity contribution in [2.24, 2.45) is 11.8 Å². The second-order valence-electron chi connectivity index (χ2n) is 5.48. The largest absolute Gasteiger partial charge is 0.385 e. The molecule has 1 fully saturated rings. The Morgan fingerprint density at radius 3 is 2.88 bits per heavy atom. The molecule has 1 saturated carbocycles. The predicted octanol–water partition coefficient (Wildman–Crippen LogP) is 4.84. The van der Waals surface area contributed by atoms with E-state index in [-0.39, 0.29) is 0 Å². The fourth-order valence-corrected chi connectivity index (χ4v) is 3.47. The van der Waals surface area contributed by atoms with Crippen molar-refractivity contribution >= 4 is 28.3 Å². The predicted molar refractivity (Wildman–Crippen MR) is 83.5 cm³/mol. The smallest absolute Gasteiger partial charge is 0.0370 e. The molecule has 1 N–H and O–H groups in total. The fourth-order valence-electron chi connectivity index (χ4n) is 2.82. The summed E-state index contributed by atoms with van der Waals surface area (Å²) in [6.07, 6.45) is 5.65. The van der Waals surface area contributed by atoms with Crippen molar-refractivity contribution in [3.05, 3.63) is 27.3 Å². The number of nitrogens with one attached hydrogen (secondary N) is 1. The first-order chi connectivity index (χ1) is 8.15. The Morgan fingerprint density at radius 1 is 1.35 bits per heavy atom. The van der Waals surface area contributed by atoms with Gasteiger partial charge in [-0.1, -0.05) is 19.8 Å². The fraction of sp³-hybridized carbons (Fsp3) is 0.600. The Balaban J connectivity index is 1.88. The van der Waals surface area contributed by atoms with Gasteiger partial charge in [0.2, 0.25) is 0 Å². The number of halogens is 1. The zero-order valence-corrected chi connectivity index (χ0v) is 13.0. The molecule has 0 aromatic heterocycles. The molecule has 0 bridgehead atoms. The summed E-state index contributed by atoms with van der Waals surface area (Å²) in [5.74, 6) is 1.80. The van der Waals surface area contributed by atoms with Gasteiger partial charge in [0.25, 0.3) is 0 Å². The lowest BCUT2D eigenvalue weighted by Crippen LogP contribution is -2.21. The highest BCUT2D eigenvalue weighted by atomic mass is 127. The number of hydrogen-bond acceptors (Lipinski definition) is 1. The van der Waals surface area contributed by atoms with Crippen LogP contribution in [0, 0.1) is 22.3 Å². The van der Waals surface area contributed by atoms with E-state index in [0.29, 0.717) is 0 Å². The van der Waals surface area contributed by atoms with Crippen molar-refractivity contribution in [1.29, 1.82) is 0 Å². The molecule has 2 atom stereocenters. The van der Waals surface area contributed by atoms with E-state index in [4.69, 9.17) is 0 Å². The first kappa shape index (κ1) is 13.2. The van der Waals surface area contributed by atoms with E-state index < -0.39 is 0 Å². The molecule has 1 aliphatic rings. The van der Waals surface area contributed by atoms with Crippen LogP contribution < -0.4 is 5.32 Å². The van der Waals surface area contributed by atoms with E-state index in [1.54, 1.807) is 0 Å². The summed E-state index contributed by atoms with van der Waals surface area (Å²) in [7, 11) is 0. The molecular formula is C15H22IN.